The average molecular weight is 338 g/mol. The number of aliphatic hydroxyl groups excluding tert-OH is 1. The largest absolute Gasteiger partial charge is 0.464 e. The number of nitro benzene ring substituents is 1. The molecule has 9 heteroatoms. The van der Waals surface area contributed by atoms with Gasteiger partial charge in [-0.1, -0.05) is 11.3 Å². The molecule has 22 heavy (non-hydrogen) atoms. The maximum atomic E-state index is 11.6. The number of aromatic nitrogens is 1. The van der Waals surface area contributed by atoms with E-state index in [9.17, 15) is 20.0 Å². The summed E-state index contributed by atoms with van der Waals surface area (Å²) in [5.41, 5.74) is 0.626. The average Bonchev–Trinajstić information content (AvgIpc) is 2.86. The van der Waals surface area contributed by atoms with Crippen LogP contribution in [0.5, 0.6) is 5.75 Å². The molecule has 0 radical (unpaired) electrons. The van der Waals surface area contributed by atoms with Gasteiger partial charge in [-0.2, -0.15) is 0 Å². The summed E-state index contributed by atoms with van der Waals surface area (Å²) in [6, 6.07) is 4.33. The number of ether oxygens (including phenoxy) is 1. The molecule has 0 fully saturated rings. The summed E-state index contributed by atoms with van der Waals surface area (Å²) >= 11 is 2.55. The quantitative estimate of drug-likeness (QED) is 0.608. The van der Waals surface area contributed by atoms with Gasteiger partial charge in [0.25, 0.3) is 5.69 Å². The van der Waals surface area contributed by atoms with Gasteiger partial charge in [0, 0.05) is 40.2 Å². The van der Waals surface area contributed by atoms with Crippen LogP contribution in [-0.4, -0.2) is 27.1 Å². The fourth-order valence-electron chi connectivity index (χ4n) is 2.94. The number of nitro groups is 1. The van der Waals surface area contributed by atoms with Crippen molar-refractivity contribution in [3.05, 3.63) is 48.4 Å². The predicted octanol–water partition coefficient (Wildman–Crippen LogP) is 1.91. The van der Waals surface area contributed by atoms with Crippen LogP contribution < -0.4 is 9.61 Å². The molecule has 114 valence electrons. The molecule has 0 saturated heterocycles. The fraction of sp³-hybridized carbons (Fsp3) is 0.308. The highest BCUT2D eigenvalue weighted by molar-refractivity contribution is 7.99. The number of hydrogen-bond donors (Lipinski definition) is 2. The lowest BCUT2D eigenvalue weighted by molar-refractivity contribution is -0.385. The van der Waals surface area contributed by atoms with Crippen molar-refractivity contribution in [1.29, 1.82) is 0 Å². The first-order chi connectivity index (χ1) is 10.5. The molecule has 0 saturated carbocycles. The van der Waals surface area contributed by atoms with Crippen molar-refractivity contribution in [1.82, 2.24) is 4.98 Å². The first-order valence-corrected chi connectivity index (χ1v) is 8.33. The molecule has 1 aromatic carbocycles. The van der Waals surface area contributed by atoms with E-state index in [1.807, 2.05) is 0 Å². The lowest BCUT2D eigenvalue weighted by Crippen LogP contribution is -2.39. The molecule has 2 aliphatic heterocycles. The van der Waals surface area contributed by atoms with Gasteiger partial charge in [-0.25, -0.2) is 0 Å². The molecule has 2 N–H and O–H groups in total. The van der Waals surface area contributed by atoms with Crippen LogP contribution in [0.1, 0.15) is 16.4 Å². The van der Waals surface area contributed by atoms with Crippen LogP contribution >= 0.6 is 23.1 Å². The van der Waals surface area contributed by atoms with Gasteiger partial charge in [0.15, 0.2) is 0 Å². The Balaban J connectivity index is 1.93. The van der Waals surface area contributed by atoms with Crippen LogP contribution in [0.3, 0.4) is 0 Å². The minimum Gasteiger partial charge on any atom is -0.464 e. The second-order valence-corrected chi connectivity index (χ2v) is 7.19. The van der Waals surface area contributed by atoms with Crippen LogP contribution in [0.25, 0.3) is 0 Å². The summed E-state index contributed by atoms with van der Waals surface area (Å²) in [5.74, 6) is 0.503. The van der Waals surface area contributed by atoms with Crippen molar-refractivity contribution in [2.75, 3.05) is 5.75 Å². The van der Waals surface area contributed by atoms with Crippen molar-refractivity contribution in [2.24, 2.45) is 5.92 Å². The zero-order valence-electron chi connectivity index (χ0n) is 11.0. The SMILES string of the molecule is O=c1[nH]c2c(s1)[C@@H]1c3cc([N+](=O)[O-])ccc3O[C@@H](O)[C@@H]1CS2. The number of benzene rings is 1. The summed E-state index contributed by atoms with van der Waals surface area (Å²) in [5, 5.41) is 22.0. The number of non-ortho nitro benzene ring substituents is 1. The van der Waals surface area contributed by atoms with Crippen LogP contribution in [0, 0.1) is 16.0 Å². The van der Waals surface area contributed by atoms with Crippen molar-refractivity contribution in [3.8, 4) is 5.75 Å². The molecular formula is C13H10N2O5S2. The van der Waals surface area contributed by atoms with Crippen LogP contribution in [0.4, 0.5) is 5.69 Å². The Morgan fingerprint density at radius 1 is 1.45 bits per heavy atom. The summed E-state index contributed by atoms with van der Waals surface area (Å²) < 4.78 is 5.49. The number of rotatable bonds is 1. The number of aliphatic hydroxyl groups is 1. The van der Waals surface area contributed by atoms with Gasteiger partial charge in [-0.3, -0.25) is 14.9 Å². The Morgan fingerprint density at radius 2 is 2.27 bits per heavy atom. The van der Waals surface area contributed by atoms with Crippen molar-refractivity contribution < 1.29 is 14.8 Å². The number of nitrogens with zero attached hydrogens (tertiary/aromatic N) is 1. The van der Waals surface area contributed by atoms with E-state index in [1.54, 1.807) is 0 Å². The molecule has 0 bridgehead atoms. The van der Waals surface area contributed by atoms with E-state index in [0.717, 1.165) is 21.2 Å². The first kappa shape index (κ1) is 13.8. The van der Waals surface area contributed by atoms with Gasteiger partial charge >= 0.3 is 4.87 Å². The maximum absolute atomic E-state index is 11.6. The zero-order chi connectivity index (χ0) is 15.4. The Hall–Kier alpha value is -1.84. The highest BCUT2D eigenvalue weighted by atomic mass is 32.2. The van der Waals surface area contributed by atoms with Crippen molar-refractivity contribution >= 4 is 28.8 Å². The number of thioether (sulfide) groups is 1. The van der Waals surface area contributed by atoms with E-state index in [4.69, 9.17) is 4.74 Å². The molecule has 1 aromatic heterocycles. The van der Waals surface area contributed by atoms with Gasteiger partial charge in [0.1, 0.15) is 5.75 Å². The second kappa shape index (κ2) is 4.83. The van der Waals surface area contributed by atoms with E-state index < -0.39 is 11.2 Å². The Labute approximate surface area is 132 Å². The molecule has 2 aliphatic rings. The summed E-state index contributed by atoms with van der Waals surface area (Å²) in [7, 11) is 0. The molecular weight excluding hydrogens is 328 g/mol. The lowest BCUT2D eigenvalue weighted by Gasteiger charge is -2.38. The highest BCUT2D eigenvalue weighted by Crippen LogP contribution is 2.51. The van der Waals surface area contributed by atoms with E-state index in [0.29, 0.717) is 17.1 Å². The van der Waals surface area contributed by atoms with Gasteiger partial charge in [0.2, 0.25) is 6.29 Å². The third-order valence-corrected chi connectivity index (χ3v) is 6.18. The first-order valence-electron chi connectivity index (χ1n) is 6.53. The molecule has 0 aliphatic carbocycles. The zero-order valence-corrected chi connectivity index (χ0v) is 12.6. The standard InChI is InChI=1S/C13H10N2O5S2/c16-12-7-4-21-11-10(22-13(17)14-11)9(7)6-3-5(15(18)19)1-2-8(6)20-12/h1-3,7,9,12,16H,4H2,(H,14,17)/t7-,9-,12-/m1/s1. The van der Waals surface area contributed by atoms with Crippen LogP contribution in [-0.2, 0) is 0 Å². The monoisotopic (exact) mass is 338 g/mol. The number of aromatic amines is 1. The minimum absolute atomic E-state index is 0.0276. The van der Waals surface area contributed by atoms with Gasteiger partial charge in [-0.15, -0.1) is 11.8 Å². The third-order valence-electron chi connectivity index (χ3n) is 3.93. The third kappa shape index (κ3) is 1.97. The van der Waals surface area contributed by atoms with Crippen molar-refractivity contribution in [3.63, 3.8) is 0 Å². The summed E-state index contributed by atoms with van der Waals surface area (Å²) in [6.07, 6.45) is -0.989. The fourth-order valence-corrected chi connectivity index (χ4v) is 5.39. The molecule has 4 rings (SSSR count). The smallest absolute Gasteiger partial charge is 0.305 e. The molecule has 3 heterocycles. The summed E-state index contributed by atoms with van der Waals surface area (Å²) in [4.78, 5) is 25.6. The molecule has 0 amide bonds. The van der Waals surface area contributed by atoms with E-state index in [2.05, 4.69) is 4.98 Å². The Bertz CT molecular complexity index is 830. The molecule has 7 nitrogen and oxygen atoms in total. The summed E-state index contributed by atoms with van der Waals surface area (Å²) in [6.45, 7) is 0. The molecule has 3 atom stereocenters. The Kier molecular flexibility index (Phi) is 3.03. The van der Waals surface area contributed by atoms with E-state index >= 15 is 0 Å². The number of fused-ring (bicyclic) bond motifs is 5. The second-order valence-electron chi connectivity index (χ2n) is 5.15. The number of H-pyrrole nitrogens is 1. The maximum Gasteiger partial charge on any atom is 0.305 e. The van der Waals surface area contributed by atoms with Crippen molar-refractivity contribution in [2.45, 2.75) is 17.2 Å². The molecule has 0 spiro atoms. The number of thiazole rings is 1. The molecule has 2 aromatic rings. The van der Waals surface area contributed by atoms with Gasteiger partial charge < -0.3 is 14.8 Å². The predicted molar refractivity (Wildman–Crippen MR) is 80.7 cm³/mol. The minimum atomic E-state index is -0.989. The normalized spacial score (nSPS) is 25.6. The lowest BCUT2D eigenvalue weighted by atomic mass is 9.82. The van der Waals surface area contributed by atoms with Crippen LogP contribution in [0.2, 0.25) is 0 Å². The van der Waals surface area contributed by atoms with Gasteiger partial charge in [-0.05, 0) is 6.07 Å². The topological polar surface area (TPSA) is 105 Å². The van der Waals surface area contributed by atoms with Crippen LogP contribution in [0.15, 0.2) is 28.0 Å². The van der Waals surface area contributed by atoms with Gasteiger partial charge in [0.05, 0.1) is 9.95 Å². The Morgan fingerprint density at radius 3 is 3.05 bits per heavy atom. The highest BCUT2D eigenvalue weighted by Gasteiger charge is 2.44. The molecule has 0 unspecified atom stereocenters. The number of hydrogen-bond acceptors (Lipinski definition) is 7. The number of nitrogens with one attached hydrogen (secondary N) is 1. The van der Waals surface area contributed by atoms with E-state index in [-0.39, 0.29) is 22.4 Å². The van der Waals surface area contributed by atoms with E-state index in [1.165, 1.54) is 30.0 Å².